The lowest BCUT2D eigenvalue weighted by Gasteiger charge is -2.56. The lowest BCUT2D eigenvalue weighted by molar-refractivity contribution is -0.175. The smallest absolute Gasteiger partial charge is 0.336 e. The van der Waals surface area contributed by atoms with E-state index in [4.69, 9.17) is 14.2 Å². The van der Waals surface area contributed by atoms with Crippen molar-refractivity contribution in [3.63, 3.8) is 0 Å². The first-order valence-electron chi connectivity index (χ1n) is 13.2. The molecule has 1 saturated carbocycles. The second-order valence-corrected chi connectivity index (χ2v) is 11.9. The number of ether oxygens (including phenoxy) is 3. The Balaban J connectivity index is 1.94. The Morgan fingerprint density at radius 2 is 1.84 bits per heavy atom. The molecule has 0 amide bonds. The van der Waals surface area contributed by atoms with Crippen molar-refractivity contribution in [2.75, 3.05) is 47.9 Å². The number of methoxy groups -OCH3 is 1. The molecule has 0 aromatic heterocycles. The van der Waals surface area contributed by atoms with Gasteiger partial charge < -0.3 is 29.1 Å². The quantitative estimate of drug-likeness (QED) is 0.290. The van der Waals surface area contributed by atoms with E-state index in [1.165, 1.54) is 14.0 Å². The van der Waals surface area contributed by atoms with Crippen LogP contribution in [0.4, 0.5) is 0 Å². The van der Waals surface area contributed by atoms with Gasteiger partial charge in [0.15, 0.2) is 0 Å². The number of hydrogen-bond acceptors (Lipinski definition) is 10. The second kappa shape index (κ2) is 10.2. The average molecular weight is 533 g/mol. The van der Waals surface area contributed by atoms with Crippen LogP contribution < -0.4 is 0 Å². The number of esters is 2. The van der Waals surface area contributed by atoms with Gasteiger partial charge in [0.25, 0.3) is 0 Å². The molecule has 2 unspecified atom stereocenters. The molecule has 210 valence electrons. The maximum absolute atomic E-state index is 14.0. The first kappa shape index (κ1) is 28.4. The first-order valence-corrected chi connectivity index (χ1v) is 13.2. The molecule has 0 spiro atoms. The summed E-state index contributed by atoms with van der Waals surface area (Å²) in [4.78, 5) is 57.3. The average Bonchev–Trinajstić information content (AvgIpc) is 3.12. The molecule has 3 aliphatic carbocycles. The number of ketones is 2. The Labute approximate surface area is 223 Å². The van der Waals surface area contributed by atoms with Crippen LogP contribution in [0.5, 0.6) is 0 Å². The zero-order chi connectivity index (χ0) is 28.2. The van der Waals surface area contributed by atoms with Crippen molar-refractivity contribution in [1.82, 2.24) is 9.80 Å². The third-order valence-corrected chi connectivity index (χ3v) is 9.13. The van der Waals surface area contributed by atoms with Crippen LogP contribution in [0, 0.1) is 22.7 Å². The minimum atomic E-state index is -1.19. The normalized spacial score (nSPS) is 37.7. The highest BCUT2D eigenvalue weighted by Gasteiger charge is 2.67. The van der Waals surface area contributed by atoms with Crippen molar-refractivity contribution in [2.24, 2.45) is 22.7 Å². The molecule has 10 nitrogen and oxygen atoms in total. The SMILES string of the molecule is COC[C@H]1OC(=O)/C(=C/N(C)CCN(C)C)C2C(=O)C(=O)C3=C([C@H](OC(C)=O)C[C@@]4(C)C3CC[C@@H]4O)[C@]21C. The number of likely N-dealkylation sites (N-methyl/N-ethyl adjacent to an activating group) is 2. The summed E-state index contributed by atoms with van der Waals surface area (Å²) in [6, 6.07) is 0. The minimum absolute atomic E-state index is 0.00189. The molecule has 0 aromatic carbocycles. The number of aliphatic hydroxyl groups excluding tert-OH is 1. The Kier molecular flexibility index (Phi) is 7.64. The van der Waals surface area contributed by atoms with Gasteiger partial charge in [0.2, 0.25) is 11.6 Å². The van der Waals surface area contributed by atoms with Gasteiger partial charge in [-0.3, -0.25) is 14.4 Å². The number of aliphatic hydroxyl groups is 1. The summed E-state index contributed by atoms with van der Waals surface area (Å²) in [6.45, 7) is 6.29. The number of rotatable bonds is 7. The fraction of sp³-hybridized carbons (Fsp3) is 0.714. The molecule has 0 aromatic rings. The van der Waals surface area contributed by atoms with Crippen molar-refractivity contribution in [3.8, 4) is 0 Å². The number of carbonyl (C=O) groups is 4. The van der Waals surface area contributed by atoms with Gasteiger partial charge >= 0.3 is 11.9 Å². The number of fused-ring (bicyclic) bond motifs is 4. The highest BCUT2D eigenvalue weighted by atomic mass is 16.6. The molecule has 4 rings (SSSR count). The van der Waals surface area contributed by atoms with Crippen LogP contribution in [0.3, 0.4) is 0 Å². The van der Waals surface area contributed by atoms with Gasteiger partial charge in [0.1, 0.15) is 12.2 Å². The summed E-state index contributed by atoms with van der Waals surface area (Å²) in [5.41, 5.74) is -0.981. The van der Waals surface area contributed by atoms with Crippen LogP contribution in [0.25, 0.3) is 0 Å². The van der Waals surface area contributed by atoms with Crippen LogP contribution >= 0.6 is 0 Å². The molecule has 4 aliphatic rings. The largest absolute Gasteiger partial charge is 0.458 e. The van der Waals surface area contributed by atoms with E-state index in [2.05, 4.69) is 0 Å². The molecule has 10 heteroatoms. The second-order valence-electron chi connectivity index (χ2n) is 11.9. The maximum atomic E-state index is 14.0. The Bertz CT molecular complexity index is 1100. The first-order chi connectivity index (χ1) is 17.8. The van der Waals surface area contributed by atoms with Crippen molar-refractivity contribution in [1.29, 1.82) is 0 Å². The van der Waals surface area contributed by atoms with Gasteiger partial charge in [-0.2, -0.15) is 0 Å². The lowest BCUT2D eigenvalue weighted by atomic mass is 9.50. The molecule has 7 atom stereocenters. The number of Topliss-reactive ketones (excluding diaryl/α,β-unsaturated/α-hetero) is 2. The summed E-state index contributed by atoms with van der Waals surface area (Å²) in [5, 5.41) is 10.9. The molecule has 38 heavy (non-hydrogen) atoms. The molecule has 1 N–H and O–H groups in total. The number of allylic oxidation sites excluding steroid dienone is 1. The number of nitrogens with zero attached hydrogens (tertiary/aromatic N) is 2. The number of carbonyl (C=O) groups excluding carboxylic acids is 4. The molecule has 0 bridgehead atoms. The van der Waals surface area contributed by atoms with E-state index < -0.39 is 58.6 Å². The predicted octanol–water partition coefficient (Wildman–Crippen LogP) is 1.12. The van der Waals surface area contributed by atoms with Gasteiger partial charge in [0, 0.05) is 56.8 Å². The van der Waals surface area contributed by atoms with E-state index in [1.54, 1.807) is 13.2 Å². The minimum Gasteiger partial charge on any atom is -0.458 e. The van der Waals surface area contributed by atoms with Gasteiger partial charge in [-0.15, -0.1) is 0 Å². The lowest BCUT2D eigenvalue weighted by Crippen LogP contribution is -2.63. The Morgan fingerprint density at radius 3 is 2.45 bits per heavy atom. The van der Waals surface area contributed by atoms with E-state index >= 15 is 0 Å². The van der Waals surface area contributed by atoms with Crippen molar-refractivity contribution >= 4 is 23.5 Å². The number of cyclic esters (lactones) is 1. The fourth-order valence-electron chi connectivity index (χ4n) is 7.15. The standard InChI is InChI=1S/C28H40N2O8/c1-15(31)37-18-12-27(2)17(8-9-19(27)32)21-23(18)28(3)20(14-36-7)38-26(35)16(22(28)25(34)24(21)33)13-30(6)11-10-29(4)5/h13,17-20,22,32H,8-12,14H2,1-7H3/b16-13+/t17?,18-,19+,20-,22?,27+,28+/m1/s1. The molecule has 1 aliphatic heterocycles. The van der Waals surface area contributed by atoms with E-state index in [-0.39, 0.29) is 18.1 Å². The van der Waals surface area contributed by atoms with E-state index in [0.717, 1.165) is 0 Å². The predicted molar refractivity (Wildman–Crippen MR) is 137 cm³/mol. The third-order valence-electron chi connectivity index (χ3n) is 9.13. The fourth-order valence-corrected chi connectivity index (χ4v) is 7.15. The van der Waals surface area contributed by atoms with Gasteiger partial charge in [0.05, 0.1) is 24.2 Å². The van der Waals surface area contributed by atoms with E-state index in [1.807, 2.05) is 37.7 Å². The number of hydrogen-bond donors (Lipinski definition) is 1. The molecular formula is C28H40N2O8. The molecule has 1 saturated heterocycles. The zero-order valence-corrected chi connectivity index (χ0v) is 23.4. The van der Waals surface area contributed by atoms with Crippen LogP contribution in [0.1, 0.15) is 40.0 Å². The molecule has 2 fully saturated rings. The monoisotopic (exact) mass is 532 g/mol. The van der Waals surface area contributed by atoms with Crippen LogP contribution in [-0.2, 0) is 33.4 Å². The highest BCUT2D eigenvalue weighted by molar-refractivity contribution is 6.47. The van der Waals surface area contributed by atoms with E-state index in [9.17, 15) is 24.3 Å². The molecular weight excluding hydrogens is 492 g/mol. The van der Waals surface area contributed by atoms with Crippen molar-refractivity contribution in [3.05, 3.63) is 22.9 Å². The van der Waals surface area contributed by atoms with Crippen LogP contribution in [0.2, 0.25) is 0 Å². The van der Waals surface area contributed by atoms with Crippen molar-refractivity contribution in [2.45, 2.75) is 58.3 Å². The summed E-state index contributed by atoms with van der Waals surface area (Å²) in [7, 11) is 7.15. The summed E-state index contributed by atoms with van der Waals surface area (Å²) in [6.07, 6.45) is 0.471. The third kappa shape index (κ3) is 4.40. The Hall–Kier alpha value is -2.56. The molecule has 0 radical (unpaired) electrons. The summed E-state index contributed by atoms with van der Waals surface area (Å²) < 4.78 is 17.2. The maximum Gasteiger partial charge on any atom is 0.336 e. The van der Waals surface area contributed by atoms with Gasteiger partial charge in [-0.1, -0.05) is 13.8 Å². The zero-order valence-electron chi connectivity index (χ0n) is 23.4. The summed E-state index contributed by atoms with van der Waals surface area (Å²) >= 11 is 0. The van der Waals surface area contributed by atoms with Crippen LogP contribution in [-0.4, -0.2) is 105 Å². The van der Waals surface area contributed by atoms with Gasteiger partial charge in [-0.05, 0) is 44.8 Å². The van der Waals surface area contributed by atoms with Gasteiger partial charge in [-0.25, -0.2) is 4.79 Å². The highest BCUT2D eigenvalue weighted by Crippen LogP contribution is 2.63. The van der Waals surface area contributed by atoms with Crippen molar-refractivity contribution < 1.29 is 38.5 Å². The van der Waals surface area contributed by atoms with Crippen LogP contribution in [0.15, 0.2) is 22.9 Å². The molecule has 1 heterocycles. The topological polar surface area (TPSA) is 123 Å². The summed E-state index contributed by atoms with van der Waals surface area (Å²) in [5.74, 6) is -4.04. The Morgan fingerprint density at radius 1 is 1.16 bits per heavy atom. The van der Waals surface area contributed by atoms with E-state index in [0.29, 0.717) is 43.5 Å².